The Hall–Kier alpha value is 0.973. The van der Waals surface area contributed by atoms with Crippen LogP contribution in [0, 0.1) is 0 Å². The first-order chi connectivity index (χ1) is 2.00. The molecular weight excluding hydrogens is 233 g/mol. The molecule has 8 heavy (non-hydrogen) atoms. The van der Waals surface area contributed by atoms with Crippen molar-refractivity contribution in [1.29, 1.82) is 0 Å². The van der Waals surface area contributed by atoms with Gasteiger partial charge in [-0.2, -0.15) is 8.42 Å². The molecule has 4 N–H and O–H groups in total. The molecular formula is H4FeO5SZn. The monoisotopic (exact) mass is 236 g/mol. The van der Waals surface area contributed by atoms with Gasteiger partial charge in [0.15, 0.2) is 0 Å². The second-order valence-electron chi connectivity index (χ2n) is 0.448. The number of hydrogen-bond acceptors (Lipinski definition) is 2. The van der Waals surface area contributed by atoms with Crippen LogP contribution in [0.25, 0.3) is 0 Å². The Labute approximate surface area is 70.0 Å². The average Bonchev–Trinajstić information content (AvgIpc) is 0.722. The zero-order valence-electron chi connectivity index (χ0n) is 3.68. The summed E-state index contributed by atoms with van der Waals surface area (Å²) in [5.41, 5.74) is 0. The van der Waals surface area contributed by atoms with Crippen LogP contribution in [0.5, 0.6) is 0 Å². The molecule has 0 aliphatic heterocycles. The van der Waals surface area contributed by atoms with Crippen molar-refractivity contribution < 1.29 is 59.5 Å². The smallest absolute Gasteiger partial charge is 0.394 e. The van der Waals surface area contributed by atoms with E-state index in [0.29, 0.717) is 0 Å². The van der Waals surface area contributed by atoms with Gasteiger partial charge in [-0.1, -0.05) is 0 Å². The third kappa shape index (κ3) is 263. The Balaban J connectivity index is -0.0000000267. The van der Waals surface area contributed by atoms with Gasteiger partial charge in [0.1, 0.15) is 0 Å². The molecule has 0 bridgehead atoms. The largest absolute Gasteiger partial charge is 0.412 e. The van der Waals surface area contributed by atoms with E-state index in [2.05, 4.69) is 0 Å². The Morgan fingerprint density at radius 3 is 1.12 bits per heavy atom. The zero-order chi connectivity index (χ0) is 4.50. The molecule has 0 aliphatic carbocycles. The van der Waals surface area contributed by atoms with Crippen LogP contribution in [0.3, 0.4) is 0 Å². The molecule has 0 saturated carbocycles. The quantitative estimate of drug-likeness (QED) is 0.396. The molecule has 0 heterocycles. The van der Waals surface area contributed by atoms with Crippen LogP contribution in [0.2, 0.25) is 0 Å². The van der Waals surface area contributed by atoms with Crippen LogP contribution in [0.15, 0.2) is 0 Å². The van der Waals surface area contributed by atoms with Crippen molar-refractivity contribution >= 4 is 10.4 Å². The van der Waals surface area contributed by atoms with E-state index in [9.17, 15) is 0 Å². The molecule has 50 valence electrons. The Kier molecular flexibility index (Phi) is 23.0. The minimum Gasteiger partial charge on any atom is -0.412 e. The molecule has 0 saturated heterocycles. The number of rotatable bonds is 0. The van der Waals surface area contributed by atoms with Gasteiger partial charge in [-0.3, -0.25) is 9.11 Å². The van der Waals surface area contributed by atoms with Crippen LogP contribution in [-0.2, 0) is 46.9 Å². The standard InChI is InChI=1S/Fe.H2O4S.H2O.Zn/c;1-5(2,3)4;;/h;(H2,1,2,3,4);1H2;. The van der Waals surface area contributed by atoms with Gasteiger partial charge in [-0.15, -0.1) is 0 Å². The molecule has 0 aromatic heterocycles. The molecule has 0 fully saturated rings. The fourth-order valence-electron chi connectivity index (χ4n) is 0. The van der Waals surface area contributed by atoms with Gasteiger partial charge in [-0.25, -0.2) is 0 Å². The Morgan fingerprint density at radius 2 is 1.12 bits per heavy atom. The minimum atomic E-state index is -4.67. The first-order valence-electron chi connectivity index (χ1n) is 0.698. The second kappa shape index (κ2) is 7.97. The van der Waals surface area contributed by atoms with Crippen LogP contribution in [-0.4, -0.2) is 23.0 Å². The van der Waals surface area contributed by atoms with Crippen molar-refractivity contribution in [2.24, 2.45) is 0 Å². The molecule has 0 aromatic carbocycles. The van der Waals surface area contributed by atoms with Crippen molar-refractivity contribution in [2.45, 2.75) is 0 Å². The Bertz CT molecular complexity index is 95.6. The molecule has 0 amide bonds. The summed E-state index contributed by atoms with van der Waals surface area (Å²) in [5.74, 6) is 0. The van der Waals surface area contributed by atoms with E-state index in [-0.39, 0.29) is 42.0 Å². The molecule has 8 heteroatoms. The molecule has 0 spiro atoms. The van der Waals surface area contributed by atoms with E-state index in [1.807, 2.05) is 0 Å². The number of hydrogen-bond donors (Lipinski definition) is 2. The van der Waals surface area contributed by atoms with E-state index < -0.39 is 10.4 Å². The van der Waals surface area contributed by atoms with E-state index in [0.717, 1.165) is 0 Å². The van der Waals surface area contributed by atoms with Crippen molar-refractivity contribution in [2.75, 3.05) is 0 Å². The summed E-state index contributed by atoms with van der Waals surface area (Å²) in [6.45, 7) is 0. The summed E-state index contributed by atoms with van der Waals surface area (Å²) in [6.07, 6.45) is 0. The van der Waals surface area contributed by atoms with Gasteiger partial charge in [0, 0.05) is 36.5 Å². The third-order valence-corrected chi connectivity index (χ3v) is 0. The fraction of sp³-hybridized carbons (Fsp3) is 0. The summed E-state index contributed by atoms with van der Waals surface area (Å²) in [6, 6.07) is 0. The first-order valence-corrected chi connectivity index (χ1v) is 2.10. The van der Waals surface area contributed by atoms with Gasteiger partial charge in [0.05, 0.1) is 0 Å². The normalized spacial score (nSPS) is 7.25. The first kappa shape index (κ1) is 23.1. The van der Waals surface area contributed by atoms with E-state index in [1.54, 1.807) is 0 Å². The van der Waals surface area contributed by atoms with Gasteiger partial charge >= 0.3 is 10.4 Å². The summed E-state index contributed by atoms with van der Waals surface area (Å²) in [5, 5.41) is 0. The average molecular weight is 237 g/mol. The van der Waals surface area contributed by atoms with Crippen molar-refractivity contribution in [3.8, 4) is 0 Å². The molecule has 5 nitrogen and oxygen atoms in total. The van der Waals surface area contributed by atoms with Gasteiger partial charge in [-0.05, 0) is 0 Å². The molecule has 0 atom stereocenters. The van der Waals surface area contributed by atoms with Crippen LogP contribution in [0.4, 0.5) is 0 Å². The summed E-state index contributed by atoms with van der Waals surface area (Å²) in [4.78, 5) is 0. The van der Waals surface area contributed by atoms with E-state index in [1.165, 1.54) is 0 Å². The molecule has 0 unspecified atom stereocenters. The predicted octanol–water partition coefficient (Wildman–Crippen LogP) is -1.48. The van der Waals surface area contributed by atoms with E-state index >= 15 is 0 Å². The van der Waals surface area contributed by atoms with Gasteiger partial charge < -0.3 is 5.48 Å². The zero-order valence-corrected chi connectivity index (χ0v) is 8.57. The van der Waals surface area contributed by atoms with E-state index in [4.69, 9.17) is 17.5 Å². The predicted molar refractivity (Wildman–Crippen MR) is 17.8 cm³/mol. The molecule has 0 aromatic rings. The second-order valence-corrected chi connectivity index (χ2v) is 1.34. The van der Waals surface area contributed by atoms with Crippen LogP contribution < -0.4 is 0 Å². The third-order valence-electron chi connectivity index (χ3n) is 0. The maximum Gasteiger partial charge on any atom is 0.394 e. The molecule has 0 aliphatic rings. The maximum absolute atomic E-state index is 8.74. The topological polar surface area (TPSA) is 106 Å². The summed E-state index contributed by atoms with van der Waals surface area (Å²) < 4.78 is 31.6. The van der Waals surface area contributed by atoms with Gasteiger partial charge in [0.25, 0.3) is 0 Å². The molecule has 0 rings (SSSR count). The van der Waals surface area contributed by atoms with Crippen molar-refractivity contribution in [3.05, 3.63) is 0 Å². The van der Waals surface area contributed by atoms with Crippen molar-refractivity contribution in [1.82, 2.24) is 0 Å². The minimum absolute atomic E-state index is 0. The fourth-order valence-corrected chi connectivity index (χ4v) is 0. The summed E-state index contributed by atoms with van der Waals surface area (Å²) >= 11 is 0. The van der Waals surface area contributed by atoms with Crippen LogP contribution in [0.1, 0.15) is 0 Å². The SMILES string of the molecule is O.O=S(=O)(O)O.[Fe].[Zn]. The molecule has 0 radical (unpaired) electrons. The maximum atomic E-state index is 8.74. The van der Waals surface area contributed by atoms with Gasteiger partial charge in [0.2, 0.25) is 0 Å². The Morgan fingerprint density at radius 1 is 1.12 bits per heavy atom. The summed E-state index contributed by atoms with van der Waals surface area (Å²) in [7, 11) is -4.67. The van der Waals surface area contributed by atoms with Crippen molar-refractivity contribution in [3.63, 3.8) is 0 Å². The van der Waals surface area contributed by atoms with Crippen LogP contribution >= 0.6 is 0 Å².